The standard InChI is InChI=1S/C28H40N8O7/c1-6-17(2)24(31-27(41)43-28(3,4)5)26(40)30-15-22(37)36-16-19(42-23(38)12-18-10-8-7-9-11-18)13-20(36)25(39)29-14-21-32-34-35-33-21/h7-11,17,19-20,24H,6,12-16H2,1-5H3,(H,29,39)(H,30,40)(H,31,41)(H,32,33,34,35)/t17-,19+,20-,24-/m0/s1. The number of carbonyl (C=O) groups excluding carboxylic acids is 5. The van der Waals surface area contributed by atoms with Gasteiger partial charge in [-0.3, -0.25) is 19.2 Å². The minimum Gasteiger partial charge on any atom is -0.460 e. The Morgan fingerprint density at radius 1 is 1.12 bits per heavy atom. The number of aromatic nitrogens is 4. The van der Waals surface area contributed by atoms with E-state index in [2.05, 4.69) is 36.6 Å². The van der Waals surface area contributed by atoms with Gasteiger partial charge in [-0.05, 0) is 32.3 Å². The van der Waals surface area contributed by atoms with E-state index in [-0.39, 0.29) is 37.7 Å². The molecule has 43 heavy (non-hydrogen) atoms. The van der Waals surface area contributed by atoms with Crippen molar-refractivity contribution in [1.82, 2.24) is 41.5 Å². The van der Waals surface area contributed by atoms with Crippen LogP contribution in [-0.2, 0) is 41.6 Å². The van der Waals surface area contributed by atoms with Gasteiger partial charge in [-0.2, -0.15) is 5.21 Å². The normalized spacial score (nSPS) is 17.8. The maximum atomic E-state index is 13.3. The molecule has 1 aromatic heterocycles. The van der Waals surface area contributed by atoms with Gasteiger partial charge in [0.25, 0.3) is 0 Å². The number of hydrogen-bond acceptors (Lipinski definition) is 10. The molecule has 3 rings (SSSR count). The smallest absolute Gasteiger partial charge is 0.408 e. The average molecular weight is 601 g/mol. The van der Waals surface area contributed by atoms with Crippen molar-refractivity contribution in [1.29, 1.82) is 0 Å². The highest BCUT2D eigenvalue weighted by Gasteiger charge is 2.41. The lowest BCUT2D eigenvalue weighted by molar-refractivity contribution is -0.148. The first-order valence-electron chi connectivity index (χ1n) is 14.2. The summed E-state index contributed by atoms with van der Waals surface area (Å²) in [6.45, 7) is 8.27. The molecular weight excluding hydrogens is 560 g/mol. The minimum absolute atomic E-state index is 0.0318. The number of hydrogen-bond donors (Lipinski definition) is 4. The summed E-state index contributed by atoms with van der Waals surface area (Å²) in [4.78, 5) is 65.7. The van der Waals surface area contributed by atoms with Crippen molar-refractivity contribution < 1.29 is 33.4 Å². The second-order valence-corrected chi connectivity index (χ2v) is 11.3. The first-order chi connectivity index (χ1) is 20.4. The number of nitrogens with zero attached hydrogens (tertiary/aromatic N) is 4. The van der Waals surface area contributed by atoms with E-state index in [1.54, 1.807) is 39.8 Å². The molecular formula is C28H40N8O7. The highest BCUT2D eigenvalue weighted by atomic mass is 16.6. The predicted octanol–water partition coefficient (Wildman–Crippen LogP) is 0.627. The number of carbonyl (C=O) groups is 5. The zero-order valence-corrected chi connectivity index (χ0v) is 25.1. The van der Waals surface area contributed by atoms with E-state index in [1.807, 2.05) is 25.1 Å². The lowest BCUT2D eigenvalue weighted by Crippen LogP contribution is -2.54. The summed E-state index contributed by atoms with van der Waals surface area (Å²) in [5, 5.41) is 21.1. The molecule has 15 nitrogen and oxygen atoms in total. The third-order valence-electron chi connectivity index (χ3n) is 6.77. The van der Waals surface area contributed by atoms with Crippen LogP contribution in [0.5, 0.6) is 0 Å². The van der Waals surface area contributed by atoms with E-state index >= 15 is 0 Å². The molecule has 0 spiro atoms. The fourth-order valence-corrected chi connectivity index (χ4v) is 4.45. The third kappa shape index (κ3) is 10.3. The van der Waals surface area contributed by atoms with Crippen LogP contribution in [0, 0.1) is 5.92 Å². The summed E-state index contributed by atoms with van der Waals surface area (Å²) in [6.07, 6.45) is -0.811. The molecule has 15 heteroatoms. The Kier molecular flexibility index (Phi) is 11.5. The largest absolute Gasteiger partial charge is 0.460 e. The van der Waals surface area contributed by atoms with E-state index in [4.69, 9.17) is 9.47 Å². The maximum absolute atomic E-state index is 13.3. The minimum atomic E-state index is -0.976. The van der Waals surface area contributed by atoms with Crippen molar-refractivity contribution in [2.75, 3.05) is 13.1 Å². The van der Waals surface area contributed by atoms with Crippen molar-refractivity contribution in [3.8, 4) is 0 Å². The lowest BCUT2D eigenvalue weighted by atomic mass is 9.98. The first-order valence-corrected chi connectivity index (χ1v) is 14.2. The molecule has 0 saturated carbocycles. The van der Waals surface area contributed by atoms with Crippen molar-refractivity contribution >= 4 is 29.8 Å². The molecule has 1 aromatic carbocycles. The van der Waals surface area contributed by atoms with Gasteiger partial charge in [0.1, 0.15) is 23.8 Å². The molecule has 2 aromatic rings. The highest BCUT2D eigenvalue weighted by Crippen LogP contribution is 2.22. The summed E-state index contributed by atoms with van der Waals surface area (Å²) < 4.78 is 10.9. The molecule has 1 fully saturated rings. The highest BCUT2D eigenvalue weighted by molar-refractivity contribution is 5.92. The second-order valence-electron chi connectivity index (χ2n) is 11.3. The average Bonchev–Trinajstić information content (AvgIpc) is 3.62. The Balaban J connectivity index is 1.65. The van der Waals surface area contributed by atoms with Crippen molar-refractivity contribution in [3.05, 3.63) is 41.7 Å². The van der Waals surface area contributed by atoms with E-state index in [1.165, 1.54) is 4.90 Å². The van der Waals surface area contributed by atoms with E-state index < -0.39 is 60.1 Å². The molecule has 0 bridgehead atoms. The van der Waals surface area contributed by atoms with Crippen LogP contribution in [0.1, 0.15) is 58.8 Å². The van der Waals surface area contributed by atoms with Crippen molar-refractivity contribution in [2.45, 2.75) is 84.2 Å². The number of benzene rings is 1. The van der Waals surface area contributed by atoms with Gasteiger partial charge in [0.2, 0.25) is 17.7 Å². The molecule has 0 unspecified atom stereocenters. The van der Waals surface area contributed by atoms with E-state index in [0.29, 0.717) is 6.42 Å². The van der Waals surface area contributed by atoms with E-state index in [9.17, 15) is 24.0 Å². The zero-order valence-electron chi connectivity index (χ0n) is 25.1. The SMILES string of the molecule is CC[C@H](C)[C@H](NC(=O)OC(C)(C)C)C(=O)NCC(=O)N1C[C@H](OC(=O)Cc2ccccc2)C[C@H]1C(=O)NCc1nn[nH]n1. The molecule has 1 saturated heterocycles. The summed E-state index contributed by atoms with van der Waals surface area (Å²) in [6, 6.07) is 7.13. The first kappa shape index (κ1) is 32.9. The van der Waals surface area contributed by atoms with Gasteiger partial charge in [-0.25, -0.2) is 4.79 Å². The molecule has 1 aliphatic rings. The number of amides is 4. The summed E-state index contributed by atoms with van der Waals surface area (Å²) in [7, 11) is 0. The fraction of sp³-hybridized carbons (Fsp3) is 0.571. The topological polar surface area (TPSA) is 198 Å². The van der Waals surface area contributed by atoms with Gasteiger partial charge >= 0.3 is 12.1 Å². The van der Waals surface area contributed by atoms with Gasteiger partial charge in [-0.1, -0.05) is 55.8 Å². The molecule has 0 aliphatic carbocycles. The number of likely N-dealkylation sites (tertiary alicyclic amines) is 1. The lowest BCUT2D eigenvalue weighted by Gasteiger charge is -2.27. The number of alkyl carbamates (subject to hydrolysis) is 1. The van der Waals surface area contributed by atoms with Crippen LogP contribution in [0.3, 0.4) is 0 Å². The zero-order chi connectivity index (χ0) is 31.6. The number of H-pyrrole nitrogens is 1. The van der Waals surface area contributed by atoms with E-state index in [0.717, 1.165) is 5.56 Å². The van der Waals surface area contributed by atoms with Gasteiger partial charge < -0.3 is 30.3 Å². The third-order valence-corrected chi connectivity index (χ3v) is 6.77. The van der Waals surface area contributed by atoms with Gasteiger partial charge in [0.05, 0.1) is 26.1 Å². The maximum Gasteiger partial charge on any atom is 0.408 e. The van der Waals surface area contributed by atoms with Crippen LogP contribution in [-0.4, -0.2) is 92.2 Å². The molecule has 4 atom stereocenters. The Bertz CT molecular complexity index is 1250. The van der Waals surface area contributed by atoms with Crippen LogP contribution >= 0.6 is 0 Å². The van der Waals surface area contributed by atoms with Gasteiger partial charge in [0, 0.05) is 6.42 Å². The quantitative estimate of drug-likeness (QED) is 0.251. The molecule has 234 valence electrons. The Morgan fingerprint density at radius 3 is 2.47 bits per heavy atom. The fourth-order valence-electron chi connectivity index (χ4n) is 4.45. The van der Waals surface area contributed by atoms with Gasteiger partial charge in [0.15, 0.2) is 5.82 Å². The van der Waals surface area contributed by atoms with Crippen molar-refractivity contribution in [3.63, 3.8) is 0 Å². The van der Waals surface area contributed by atoms with Crippen LogP contribution in [0.25, 0.3) is 0 Å². The number of aromatic amines is 1. The Morgan fingerprint density at radius 2 is 1.84 bits per heavy atom. The number of ether oxygens (including phenoxy) is 2. The number of tetrazole rings is 1. The molecule has 4 N–H and O–H groups in total. The molecule has 1 aliphatic heterocycles. The number of rotatable bonds is 12. The second kappa shape index (κ2) is 15.1. The van der Waals surface area contributed by atoms with Crippen LogP contribution < -0.4 is 16.0 Å². The summed E-state index contributed by atoms with van der Waals surface area (Å²) in [5.74, 6) is -2.14. The van der Waals surface area contributed by atoms with Crippen LogP contribution in [0.15, 0.2) is 30.3 Å². The number of nitrogens with one attached hydrogen (secondary N) is 4. The molecule has 2 heterocycles. The van der Waals surface area contributed by atoms with Crippen LogP contribution in [0.2, 0.25) is 0 Å². The van der Waals surface area contributed by atoms with Crippen molar-refractivity contribution in [2.24, 2.45) is 5.92 Å². The summed E-state index contributed by atoms with van der Waals surface area (Å²) in [5.41, 5.74) is 0.0126. The monoisotopic (exact) mass is 600 g/mol. The number of esters is 1. The van der Waals surface area contributed by atoms with Gasteiger partial charge in [-0.15, -0.1) is 10.2 Å². The Hall–Kier alpha value is -4.56. The predicted molar refractivity (Wildman–Crippen MR) is 152 cm³/mol. The van der Waals surface area contributed by atoms with Crippen LogP contribution in [0.4, 0.5) is 4.79 Å². The molecule has 0 radical (unpaired) electrons. The molecule has 4 amide bonds. The Labute approximate surface area is 249 Å². The summed E-state index contributed by atoms with van der Waals surface area (Å²) >= 11 is 0.